The van der Waals surface area contributed by atoms with E-state index in [9.17, 15) is 0 Å². The van der Waals surface area contributed by atoms with Crippen LogP contribution in [-0.2, 0) is 0 Å². The van der Waals surface area contributed by atoms with Crippen molar-refractivity contribution < 1.29 is 0 Å². The summed E-state index contributed by atoms with van der Waals surface area (Å²) in [4.78, 5) is 23.1. The first-order valence-corrected chi connectivity index (χ1v) is 14.7. The standard InChI is InChI=1S/C38H27N7/c1-3-25(13-18-39-2)27-21-28(26-14-19-40-20-15-26)23-30(22-27)45-32-12-8-17-42-36(32)38-34(45)24-33-37(43-38)35-31(11-7-16-41-35)44(33)29-9-5-4-6-10-29/h3-24H,2H2,1H3/b18-13-,25-3+. The molecule has 7 nitrogen and oxygen atoms in total. The first-order valence-electron chi connectivity index (χ1n) is 14.7. The van der Waals surface area contributed by atoms with Gasteiger partial charge in [0, 0.05) is 42.4 Å². The first kappa shape index (κ1) is 26.4. The lowest BCUT2D eigenvalue weighted by molar-refractivity contribution is 1.16. The van der Waals surface area contributed by atoms with Crippen molar-refractivity contribution in [1.29, 1.82) is 0 Å². The number of allylic oxidation sites excluding steroid dienone is 3. The summed E-state index contributed by atoms with van der Waals surface area (Å²) in [6.07, 6.45) is 13.1. The van der Waals surface area contributed by atoms with Gasteiger partial charge >= 0.3 is 0 Å². The molecule has 0 aliphatic carbocycles. The fraction of sp³-hybridized carbons (Fsp3) is 0.0263. The smallest absolute Gasteiger partial charge is 0.116 e. The third-order valence-electron chi connectivity index (χ3n) is 8.18. The van der Waals surface area contributed by atoms with E-state index in [-0.39, 0.29) is 0 Å². The molecule has 0 aliphatic heterocycles. The number of nitrogens with zero attached hydrogens (tertiary/aromatic N) is 7. The number of pyridine rings is 4. The number of para-hydroxylation sites is 1. The van der Waals surface area contributed by atoms with Gasteiger partial charge in [0.15, 0.2) is 0 Å². The number of benzene rings is 2. The summed E-state index contributed by atoms with van der Waals surface area (Å²) in [5.74, 6) is 0. The fourth-order valence-corrected chi connectivity index (χ4v) is 6.20. The maximum Gasteiger partial charge on any atom is 0.116 e. The molecular weight excluding hydrogens is 554 g/mol. The van der Waals surface area contributed by atoms with Crippen LogP contribution in [0.1, 0.15) is 12.5 Å². The van der Waals surface area contributed by atoms with Crippen LogP contribution in [-0.4, -0.2) is 35.8 Å². The molecule has 2 aromatic carbocycles. The third kappa shape index (κ3) is 4.33. The van der Waals surface area contributed by atoms with Crippen molar-refractivity contribution >= 4 is 56.4 Å². The Morgan fingerprint density at radius 3 is 1.96 bits per heavy atom. The Kier molecular flexibility index (Phi) is 6.35. The van der Waals surface area contributed by atoms with Gasteiger partial charge in [-0.15, -0.1) is 0 Å². The molecule has 0 fully saturated rings. The maximum atomic E-state index is 5.30. The van der Waals surface area contributed by atoms with Crippen LogP contribution in [0, 0.1) is 0 Å². The molecule has 7 heteroatoms. The second-order valence-corrected chi connectivity index (χ2v) is 10.7. The molecule has 6 aromatic heterocycles. The summed E-state index contributed by atoms with van der Waals surface area (Å²) in [5, 5.41) is 0. The second-order valence-electron chi connectivity index (χ2n) is 10.7. The van der Waals surface area contributed by atoms with Gasteiger partial charge in [0.05, 0.1) is 22.1 Å². The number of aromatic nitrogens is 6. The van der Waals surface area contributed by atoms with Gasteiger partial charge in [-0.05, 0) is 115 Å². The second kappa shape index (κ2) is 10.8. The zero-order chi connectivity index (χ0) is 30.3. The van der Waals surface area contributed by atoms with E-state index in [0.29, 0.717) is 0 Å². The molecule has 0 saturated carbocycles. The summed E-state index contributed by atoms with van der Waals surface area (Å²) in [6, 6.07) is 31.4. The minimum absolute atomic E-state index is 0.828. The molecule has 214 valence electrons. The molecule has 0 saturated heterocycles. The van der Waals surface area contributed by atoms with Gasteiger partial charge in [-0.25, -0.2) is 4.98 Å². The Morgan fingerprint density at radius 1 is 0.644 bits per heavy atom. The number of hydrogen-bond donors (Lipinski definition) is 0. The lowest BCUT2D eigenvalue weighted by atomic mass is 9.98. The summed E-state index contributed by atoms with van der Waals surface area (Å²) in [6.45, 7) is 5.66. The largest absolute Gasteiger partial charge is 0.306 e. The van der Waals surface area contributed by atoms with Crippen LogP contribution in [0.3, 0.4) is 0 Å². The Morgan fingerprint density at radius 2 is 1.31 bits per heavy atom. The van der Waals surface area contributed by atoms with Crippen molar-refractivity contribution in [2.45, 2.75) is 6.92 Å². The molecule has 0 bridgehead atoms. The zero-order valence-corrected chi connectivity index (χ0v) is 24.5. The lowest BCUT2D eigenvalue weighted by Crippen LogP contribution is -1.98. The number of fused-ring (bicyclic) bond motifs is 6. The van der Waals surface area contributed by atoms with E-state index in [2.05, 4.69) is 92.6 Å². The molecule has 0 aliphatic rings. The van der Waals surface area contributed by atoms with Crippen LogP contribution >= 0.6 is 0 Å². The molecule has 8 rings (SSSR count). The van der Waals surface area contributed by atoms with Crippen molar-refractivity contribution in [2.75, 3.05) is 0 Å². The maximum absolute atomic E-state index is 5.30. The highest BCUT2D eigenvalue weighted by molar-refractivity contribution is 6.13. The van der Waals surface area contributed by atoms with Crippen molar-refractivity contribution in [3.63, 3.8) is 0 Å². The predicted octanol–water partition coefficient (Wildman–Crippen LogP) is 8.75. The normalized spacial score (nSPS) is 12.2. The Labute approximate surface area is 259 Å². The van der Waals surface area contributed by atoms with E-state index in [1.165, 1.54) is 0 Å². The summed E-state index contributed by atoms with van der Waals surface area (Å²) < 4.78 is 4.50. The highest BCUT2D eigenvalue weighted by atomic mass is 15.1. The van der Waals surface area contributed by atoms with Gasteiger partial charge in [-0.3, -0.25) is 19.9 Å². The summed E-state index contributed by atoms with van der Waals surface area (Å²) >= 11 is 0. The van der Waals surface area contributed by atoms with E-state index in [4.69, 9.17) is 15.0 Å². The van der Waals surface area contributed by atoms with Crippen molar-refractivity contribution in [1.82, 2.24) is 29.1 Å². The van der Waals surface area contributed by atoms with Gasteiger partial charge in [0.1, 0.15) is 22.1 Å². The number of hydrogen-bond acceptors (Lipinski definition) is 5. The molecule has 0 unspecified atom stereocenters. The molecule has 8 aromatic rings. The van der Waals surface area contributed by atoms with Crippen LogP contribution in [0.25, 0.3) is 72.2 Å². The average molecular weight is 582 g/mol. The topological polar surface area (TPSA) is 73.8 Å². The van der Waals surface area contributed by atoms with Crippen LogP contribution in [0.4, 0.5) is 0 Å². The molecular formula is C38H27N7. The van der Waals surface area contributed by atoms with E-state index in [0.717, 1.165) is 77.8 Å². The Balaban J connectivity index is 1.49. The van der Waals surface area contributed by atoms with Crippen LogP contribution in [0.15, 0.2) is 139 Å². The Bertz CT molecular complexity index is 2450. The highest BCUT2D eigenvalue weighted by Gasteiger charge is 2.21. The van der Waals surface area contributed by atoms with Crippen LogP contribution in [0.2, 0.25) is 0 Å². The van der Waals surface area contributed by atoms with Gasteiger partial charge in [-0.1, -0.05) is 24.3 Å². The van der Waals surface area contributed by atoms with E-state index < -0.39 is 0 Å². The average Bonchev–Trinajstić information content (AvgIpc) is 3.60. The van der Waals surface area contributed by atoms with Gasteiger partial charge in [-0.2, -0.15) is 0 Å². The Hall–Kier alpha value is -6.21. The minimum Gasteiger partial charge on any atom is -0.306 e. The highest BCUT2D eigenvalue weighted by Crippen LogP contribution is 2.38. The fourth-order valence-electron chi connectivity index (χ4n) is 6.20. The quantitative estimate of drug-likeness (QED) is 0.145. The van der Waals surface area contributed by atoms with Crippen molar-refractivity contribution in [2.24, 2.45) is 4.99 Å². The predicted molar refractivity (Wildman–Crippen MR) is 184 cm³/mol. The minimum atomic E-state index is 0.828. The zero-order valence-electron chi connectivity index (χ0n) is 24.5. The SMILES string of the molecule is C=N/C=C\C(=C/C)c1cc(-c2ccncc2)cc(-n2c3cccnc3c3nc4c5ncccc5n(-c5ccccc5)c4cc32)c1. The van der Waals surface area contributed by atoms with Crippen molar-refractivity contribution in [3.05, 3.63) is 140 Å². The van der Waals surface area contributed by atoms with Gasteiger partial charge in [0.2, 0.25) is 0 Å². The van der Waals surface area contributed by atoms with Crippen LogP contribution in [0.5, 0.6) is 0 Å². The lowest BCUT2D eigenvalue weighted by Gasteiger charge is -2.14. The van der Waals surface area contributed by atoms with Crippen LogP contribution < -0.4 is 0 Å². The monoisotopic (exact) mass is 581 g/mol. The molecule has 0 spiro atoms. The molecule has 0 atom stereocenters. The van der Waals surface area contributed by atoms with E-state index >= 15 is 0 Å². The number of aliphatic imine (C=N–C) groups is 1. The molecule has 45 heavy (non-hydrogen) atoms. The number of rotatable bonds is 6. The van der Waals surface area contributed by atoms with Crippen molar-refractivity contribution in [3.8, 4) is 22.5 Å². The van der Waals surface area contributed by atoms with Gasteiger partial charge < -0.3 is 9.13 Å². The third-order valence-corrected chi connectivity index (χ3v) is 8.18. The molecule has 0 radical (unpaired) electrons. The van der Waals surface area contributed by atoms with E-state index in [1.54, 1.807) is 6.20 Å². The van der Waals surface area contributed by atoms with E-state index in [1.807, 2.05) is 68.1 Å². The first-order chi connectivity index (χ1) is 22.2. The molecule has 0 N–H and O–H groups in total. The molecule has 6 heterocycles. The summed E-state index contributed by atoms with van der Waals surface area (Å²) in [5.41, 5.74) is 13.6. The molecule has 0 amide bonds. The van der Waals surface area contributed by atoms with Gasteiger partial charge in [0.25, 0.3) is 0 Å². The summed E-state index contributed by atoms with van der Waals surface area (Å²) in [7, 11) is 0.